The number of nitrogens with one attached hydrogen (secondary N) is 1. The Morgan fingerprint density at radius 1 is 1.37 bits per heavy atom. The van der Waals surface area contributed by atoms with Gasteiger partial charge >= 0.3 is 0 Å². The van der Waals surface area contributed by atoms with Gasteiger partial charge in [-0.05, 0) is 43.7 Å². The number of amides is 1. The van der Waals surface area contributed by atoms with Crippen molar-refractivity contribution in [2.24, 2.45) is 0 Å². The highest BCUT2D eigenvalue weighted by atomic mass is 35.5. The van der Waals surface area contributed by atoms with Gasteiger partial charge in [-0.2, -0.15) is 5.26 Å². The van der Waals surface area contributed by atoms with E-state index in [0.717, 1.165) is 10.4 Å². The van der Waals surface area contributed by atoms with Crippen LogP contribution in [-0.2, 0) is 0 Å². The molecule has 3 nitrogen and oxygen atoms in total. The van der Waals surface area contributed by atoms with E-state index in [-0.39, 0.29) is 5.91 Å². The highest BCUT2D eigenvalue weighted by Gasteiger charge is 2.11. The third-order valence-electron chi connectivity index (χ3n) is 2.74. The standard InChI is InChI=1S/C14H11ClN2OS/c1-8-5-13(19-9(8)2)14(18)17-11-4-3-10(7-16)12(15)6-11/h3-6H,1-2H3,(H,17,18). The van der Waals surface area contributed by atoms with Crippen LogP contribution >= 0.6 is 22.9 Å². The first-order chi connectivity index (χ1) is 9.01. The van der Waals surface area contributed by atoms with Gasteiger partial charge in [-0.1, -0.05) is 11.6 Å². The maximum Gasteiger partial charge on any atom is 0.265 e. The molecule has 0 aliphatic rings. The number of hydrogen-bond donors (Lipinski definition) is 1. The molecule has 96 valence electrons. The molecule has 19 heavy (non-hydrogen) atoms. The molecule has 0 saturated carbocycles. The van der Waals surface area contributed by atoms with Crippen molar-refractivity contribution >= 4 is 34.5 Å². The Hall–Kier alpha value is -1.83. The molecular formula is C14H11ClN2OS. The number of aryl methyl sites for hydroxylation is 2. The number of halogens is 1. The van der Waals surface area contributed by atoms with Crippen molar-refractivity contribution in [1.29, 1.82) is 5.26 Å². The molecule has 2 aromatic rings. The smallest absolute Gasteiger partial charge is 0.265 e. The summed E-state index contributed by atoms with van der Waals surface area (Å²) in [6, 6.07) is 8.66. The predicted molar refractivity (Wildman–Crippen MR) is 77.9 cm³/mol. The lowest BCUT2D eigenvalue weighted by molar-refractivity contribution is 0.103. The van der Waals surface area contributed by atoms with Crippen LogP contribution in [-0.4, -0.2) is 5.91 Å². The van der Waals surface area contributed by atoms with E-state index in [0.29, 0.717) is 21.2 Å². The molecule has 0 saturated heterocycles. The highest BCUT2D eigenvalue weighted by Crippen LogP contribution is 2.24. The molecular weight excluding hydrogens is 280 g/mol. The van der Waals surface area contributed by atoms with Crippen LogP contribution in [0.3, 0.4) is 0 Å². The normalized spacial score (nSPS) is 10.0. The van der Waals surface area contributed by atoms with Crippen LogP contribution in [0.5, 0.6) is 0 Å². The Kier molecular flexibility index (Phi) is 3.89. The first kappa shape index (κ1) is 13.6. The number of thiophene rings is 1. The number of anilines is 1. The van der Waals surface area contributed by atoms with Crippen LogP contribution in [0.1, 0.15) is 25.7 Å². The number of benzene rings is 1. The molecule has 5 heteroatoms. The average Bonchev–Trinajstić information content (AvgIpc) is 2.70. The minimum absolute atomic E-state index is 0.165. The fourth-order valence-corrected chi connectivity index (χ4v) is 2.71. The largest absolute Gasteiger partial charge is 0.321 e. The maximum atomic E-state index is 12.0. The number of hydrogen-bond acceptors (Lipinski definition) is 3. The van der Waals surface area contributed by atoms with Crippen LogP contribution in [0, 0.1) is 25.2 Å². The Bertz CT molecular complexity index is 666. The highest BCUT2D eigenvalue weighted by molar-refractivity contribution is 7.14. The zero-order valence-electron chi connectivity index (χ0n) is 10.5. The molecule has 1 aromatic carbocycles. The summed E-state index contributed by atoms with van der Waals surface area (Å²) in [5.74, 6) is -0.165. The average molecular weight is 291 g/mol. The molecule has 0 radical (unpaired) electrons. The quantitative estimate of drug-likeness (QED) is 0.903. The van der Waals surface area contributed by atoms with Gasteiger partial charge in [0.05, 0.1) is 15.5 Å². The third kappa shape index (κ3) is 2.95. The summed E-state index contributed by atoms with van der Waals surface area (Å²) in [5, 5.41) is 11.9. The molecule has 1 amide bonds. The van der Waals surface area contributed by atoms with Crippen LogP contribution < -0.4 is 5.32 Å². The molecule has 1 N–H and O–H groups in total. The van der Waals surface area contributed by atoms with Crippen molar-refractivity contribution in [3.8, 4) is 6.07 Å². The zero-order valence-corrected chi connectivity index (χ0v) is 12.0. The number of rotatable bonds is 2. The molecule has 0 atom stereocenters. The lowest BCUT2D eigenvalue weighted by Gasteiger charge is -2.04. The summed E-state index contributed by atoms with van der Waals surface area (Å²) in [6.45, 7) is 3.95. The lowest BCUT2D eigenvalue weighted by Crippen LogP contribution is -2.10. The zero-order chi connectivity index (χ0) is 14.0. The van der Waals surface area contributed by atoms with Crippen molar-refractivity contribution in [2.45, 2.75) is 13.8 Å². The topological polar surface area (TPSA) is 52.9 Å². The van der Waals surface area contributed by atoms with Gasteiger partial charge in [0.1, 0.15) is 6.07 Å². The SMILES string of the molecule is Cc1cc(C(=O)Nc2ccc(C#N)c(Cl)c2)sc1C. The molecule has 0 aliphatic heterocycles. The van der Waals surface area contributed by atoms with Gasteiger partial charge in [0.25, 0.3) is 5.91 Å². The van der Waals surface area contributed by atoms with Crippen molar-refractivity contribution in [3.63, 3.8) is 0 Å². The van der Waals surface area contributed by atoms with Gasteiger partial charge in [0.15, 0.2) is 0 Å². The second-order valence-electron chi connectivity index (χ2n) is 4.11. The molecule has 0 spiro atoms. The third-order valence-corrected chi connectivity index (χ3v) is 4.20. The van der Waals surface area contributed by atoms with Gasteiger partial charge in [0.2, 0.25) is 0 Å². The first-order valence-electron chi connectivity index (χ1n) is 5.59. The van der Waals surface area contributed by atoms with Crippen LogP contribution in [0.25, 0.3) is 0 Å². The van der Waals surface area contributed by atoms with Gasteiger partial charge in [-0.3, -0.25) is 4.79 Å². The van der Waals surface area contributed by atoms with Crippen LogP contribution in [0.2, 0.25) is 5.02 Å². The molecule has 0 unspecified atom stereocenters. The number of nitriles is 1. The second kappa shape index (κ2) is 5.43. The van der Waals surface area contributed by atoms with E-state index >= 15 is 0 Å². The Morgan fingerprint density at radius 2 is 2.11 bits per heavy atom. The van der Waals surface area contributed by atoms with E-state index in [1.165, 1.54) is 11.3 Å². The Morgan fingerprint density at radius 3 is 2.63 bits per heavy atom. The summed E-state index contributed by atoms with van der Waals surface area (Å²) < 4.78 is 0. The van der Waals surface area contributed by atoms with E-state index < -0.39 is 0 Å². The summed E-state index contributed by atoms with van der Waals surface area (Å²) in [4.78, 5) is 13.8. The van der Waals surface area contributed by atoms with Crippen LogP contribution in [0.15, 0.2) is 24.3 Å². The number of carbonyl (C=O) groups excluding carboxylic acids is 1. The van der Waals surface area contributed by atoms with E-state index in [1.54, 1.807) is 18.2 Å². The molecule has 0 aliphatic carbocycles. The van der Waals surface area contributed by atoms with Crippen LogP contribution in [0.4, 0.5) is 5.69 Å². The lowest BCUT2D eigenvalue weighted by atomic mass is 10.2. The fraction of sp³-hybridized carbons (Fsp3) is 0.143. The molecule has 0 fully saturated rings. The molecule has 0 bridgehead atoms. The van der Waals surface area contributed by atoms with E-state index in [9.17, 15) is 4.79 Å². The van der Waals surface area contributed by atoms with Gasteiger partial charge in [-0.25, -0.2) is 0 Å². The van der Waals surface area contributed by atoms with Crippen molar-refractivity contribution in [1.82, 2.24) is 0 Å². The van der Waals surface area contributed by atoms with E-state index in [2.05, 4.69) is 5.32 Å². The van der Waals surface area contributed by atoms with Gasteiger partial charge in [0, 0.05) is 10.6 Å². The van der Waals surface area contributed by atoms with Crippen molar-refractivity contribution in [2.75, 3.05) is 5.32 Å². The van der Waals surface area contributed by atoms with E-state index in [4.69, 9.17) is 16.9 Å². The molecule has 1 aromatic heterocycles. The predicted octanol–water partition coefficient (Wildman–Crippen LogP) is 4.14. The minimum atomic E-state index is -0.165. The monoisotopic (exact) mass is 290 g/mol. The summed E-state index contributed by atoms with van der Waals surface area (Å²) >= 11 is 7.37. The maximum absolute atomic E-state index is 12.0. The molecule has 1 heterocycles. The Balaban J connectivity index is 2.20. The first-order valence-corrected chi connectivity index (χ1v) is 6.78. The van der Waals surface area contributed by atoms with Gasteiger partial charge < -0.3 is 5.32 Å². The molecule has 2 rings (SSSR count). The number of carbonyl (C=O) groups is 1. The van der Waals surface area contributed by atoms with Crippen molar-refractivity contribution in [3.05, 3.63) is 50.2 Å². The summed E-state index contributed by atoms with van der Waals surface area (Å²) in [5.41, 5.74) is 2.08. The minimum Gasteiger partial charge on any atom is -0.321 e. The van der Waals surface area contributed by atoms with E-state index in [1.807, 2.05) is 26.0 Å². The van der Waals surface area contributed by atoms with Gasteiger partial charge in [-0.15, -0.1) is 11.3 Å². The fourth-order valence-electron chi connectivity index (χ4n) is 1.56. The number of nitrogens with zero attached hydrogens (tertiary/aromatic N) is 1. The second-order valence-corrected chi connectivity index (χ2v) is 5.77. The summed E-state index contributed by atoms with van der Waals surface area (Å²) in [7, 11) is 0. The van der Waals surface area contributed by atoms with Crippen molar-refractivity contribution < 1.29 is 4.79 Å². The summed E-state index contributed by atoms with van der Waals surface area (Å²) in [6.07, 6.45) is 0. The Labute approximate surface area is 120 Å².